The van der Waals surface area contributed by atoms with E-state index in [4.69, 9.17) is 5.73 Å². The second kappa shape index (κ2) is 5.64. The molecule has 6 nitrogen and oxygen atoms in total. The largest absolute Gasteiger partial charge is 0.396 e. The summed E-state index contributed by atoms with van der Waals surface area (Å²) >= 11 is 0. The Morgan fingerprint density at radius 3 is 2.75 bits per heavy atom. The zero-order chi connectivity index (χ0) is 14.7. The Morgan fingerprint density at radius 2 is 2.10 bits per heavy atom. The number of hydrogen-bond acceptors (Lipinski definition) is 5. The van der Waals surface area contributed by atoms with Crippen molar-refractivity contribution in [3.63, 3.8) is 0 Å². The molecule has 0 atom stereocenters. The van der Waals surface area contributed by atoms with Crippen LogP contribution in [0.1, 0.15) is 41.6 Å². The zero-order valence-electron chi connectivity index (χ0n) is 11.7. The summed E-state index contributed by atoms with van der Waals surface area (Å²) in [4.78, 5) is 24.6. The van der Waals surface area contributed by atoms with Gasteiger partial charge < -0.3 is 11.1 Å². The number of carbonyl (C=O) groups is 1. The lowest BCUT2D eigenvalue weighted by Gasteiger charge is -2.09. The van der Waals surface area contributed by atoms with Crippen molar-refractivity contribution in [2.45, 2.75) is 26.7 Å². The minimum atomic E-state index is -0.384. The molecule has 0 aliphatic rings. The first-order valence-corrected chi connectivity index (χ1v) is 6.34. The fraction of sp³-hybridized carbons (Fsp3) is 0.286. The van der Waals surface area contributed by atoms with Crippen LogP contribution in [0.3, 0.4) is 0 Å². The maximum absolute atomic E-state index is 12.2. The Hall–Kier alpha value is -2.50. The van der Waals surface area contributed by atoms with Crippen molar-refractivity contribution < 1.29 is 4.79 Å². The Kier molecular flexibility index (Phi) is 3.93. The smallest absolute Gasteiger partial charge is 0.277 e. The van der Waals surface area contributed by atoms with E-state index in [2.05, 4.69) is 20.3 Å². The maximum atomic E-state index is 12.2. The maximum Gasteiger partial charge on any atom is 0.277 e. The highest BCUT2D eigenvalue weighted by Gasteiger charge is 2.15. The summed E-state index contributed by atoms with van der Waals surface area (Å²) in [5, 5.41) is 2.69. The number of carbonyl (C=O) groups excluding carboxylic acids is 1. The summed E-state index contributed by atoms with van der Waals surface area (Å²) in [6, 6.07) is 3.63. The van der Waals surface area contributed by atoms with Gasteiger partial charge in [0.25, 0.3) is 5.91 Å². The van der Waals surface area contributed by atoms with Gasteiger partial charge in [0.1, 0.15) is 11.6 Å². The molecule has 2 aromatic heterocycles. The van der Waals surface area contributed by atoms with E-state index in [0.29, 0.717) is 11.6 Å². The number of aryl methyl sites for hydroxylation is 1. The van der Waals surface area contributed by atoms with Gasteiger partial charge in [0, 0.05) is 12.1 Å². The number of rotatable bonds is 3. The number of pyridine rings is 1. The summed E-state index contributed by atoms with van der Waals surface area (Å²) < 4.78 is 0. The fourth-order valence-corrected chi connectivity index (χ4v) is 1.64. The van der Waals surface area contributed by atoms with Crippen LogP contribution in [0.2, 0.25) is 0 Å². The van der Waals surface area contributed by atoms with Crippen LogP contribution in [0.25, 0.3) is 0 Å². The second-order valence-electron chi connectivity index (χ2n) is 4.86. The molecule has 2 aromatic rings. The van der Waals surface area contributed by atoms with Crippen LogP contribution in [0.4, 0.5) is 11.5 Å². The first kappa shape index (κ1) is 13.9. The third-order valence-electron chi connectivity index (χ3n) is 2.72. The minimum absolute atomic E-state index is 0.124. The van der Waals surface area contributed by atoms with Gasteiger partial charge in [-0.05, 0) is 24.6 Å². The average Bonchev–Trinajstić information content (AvgIpc) is 2.38. The number of anilines is 2. The van der Waals surface area contributed by atoms with Crippen molar-refractivity contribution in [3.05, 3.63) is 41.6 Å². The van der Waals surface area contributed by atoms with Crippen LogP contribution in [0.15, 0.2) is 24.5 Å². The lowest BCUT2D eigenvalue weighted by atomic mass is 10.2. The molecule has 0 aliphatic heterocycles. The molecule has 0 saturated heterocycles. The van der Waals surface area contributed by atoms with Gasteiger partial charge in [-0.1, -0.05) is 13.8 Å². The molecule has 0 saturated carbocycles. The molecule has 2 heterocycles. The number of nitrogens with zero attached hydrogens (tertiary/aromatic N) is 3. The first-order valence-electron chi connectivity index (χ1n) is 6.34. The lowest BCUT2D eigenvalue weighted by Crippen LogP contribution is -2.18. The first-order chi connectivity index (χ1) is 9.47. The van der Waals surface area contributed by atoms with Crippen LogP contribution >= 0.6 is 0 Å². The highest BCUT2D eigenvalue weighted by molar-refractivity contribution is 6.05. The van der Waals surface area contributed by atoms with Crippen LogP contribution in [0, 0.1) is 6.92 Å². The molecule has 0 unspecified atom stereocenters. The van der Waals surface area contributed by atoms with Crippen LogP contribution in [-0.4, -0.2) is 20.9 Å². The molecule has 20 heavy (non-hydrogen) atoms. The summed E-state index contributed by atoms with van der Waals surface area (Å²) in [5.74, 6) is 0.796. The van der Waals surface area contributed by atoms with E-state index in [-0.39, 0.29) is 23.2 Å². The van der Waals surface area contributed by atoms with E-state index >= 15 is 0 Å². The Bertz CT molecular complexity index is 639. The molecule has 0 aliphatic carbocycles. The normalized spacial score (nSPS) is 10.6. The lowest BCUT2D eigenvalue weighted by molar-refractivity contribution is 0.102. The highest BCUT2D eigenvalue weighted by atomic mass is 16.2. The highest BCUT2D eigenvalue weighted by Crippen LogP contribution is 2.15. The molecule has 6 heteroatoms. The SMILES string of the molecule is Cc1ccnc(NC(=O)c2nc(C(C)C)ncc2N)c1. The van der Waals surface area contributed by atoms with E-state index in [9.17, 15) is 4.79 Å². The van der Waals surface area contributed by atoms with Crippen molar-refractivity contribution in [1.29, 1.82) is 0 Å². The van der Waals surface area contributed by atoms with Gasteiger partial charge in [-0.25, -0.2) is 15.0 Å². The van der Waals surface area contributed by atoms with Crippen molar-refractivity contribution in [2.24, 2.45) is 0 Å². The van der Waals surface area contributed by atoms with Crippen LogP contribution < -0.4 is 11.1 Å². The summed E-state index contributed by atoms with van der Waals surface area (Å²) in [5.41, 5.74) is 7.20. The van der Waals surface area contributed by atoms with Crippen LogP contribution in [0.5, 0.6) is 0 Å². The molecule has 0 radical (unpaired) electrons. The molecule has 0 aromatic carbocycles. The summed E-state index contributed by atoms with van der Waals surface area (Å²) in [6.07, 6.45) is 3.09. The van der Waals surface area contributed by atoms with Crippen molar-refractivity contribution >= 4 is 17.4 Å². The van der Waals surface area contributed by atoms with E-state index in [1.165, 1.54) is 6.20 Å². The van der Waals surface area contributed by atoms with E-state index in [1.54, 1.807) is 12.3 Å². The summed E-state index contributed by atoms with van der Waals surface area (Å²) in [6.45, 7) is 5.83. The molecule has 3 N–H and O–H groups in total. The average molecular weight is 271 g/mol. The number of nitrogens with one attached hydrogen (secondary N) is 1. The van der Waals surface area contributed by atoms with Crippen molar-refractivity contribution in [2.75, 3.05) is 11.1 Å². The van der Waals surface area contributed by atoms with Gasteiger partial charge >= 0.3 is 0 Å². The molecular weight excluding hydrogens is 254 g/mol. The molecule has 0 fully saturated rings. The predicted octanol–water partition coefficient (Wildman–Crippen LogP) is 2.14. The second-order valence-corrected chi connectivity index (χ2v) is 4.86. The molecule has 2 rings (SSSR count). The fourth-order valence-electron chi connectivity index (χ4n) is 1.64. The quantitative estimate of drug-likeness (QED) is 0.892. The van der Waals surface area contributed by atoms with Gasteiger partial charge in [-0.15, -0.1) is 0 Å². The van der Waals surface area contributed by atoms with Crippen molar-refractivity contribution in [3.8, 4) is 0 Å². The molecule has 104 valence electrons. The van der Waals surface area contributed by atoms with Gasteiger partial charge in [0.05, 0.1) is 11.9 Å². The number of amides is 1. The number of nitrogens with two attached hydrogens (primary N) is 1. The number of aromatic nitrogens is 3. The molecule has 1 amide bonds. The monoisotopic (exact) mass is 271 g/mol. The van der Waals surface area contributed by atoms with E-state index in [1.807, 2.05) is 26.8 Å². The topological polar surface area (TPSA) is 93.8 Å². The molecular formula is C14H17N5O. The van der Waals surface area contributed by atoms with Crippen molar-refractivity contribution in [1.82, 2.24) is 15.0 Å². The van der Waals surface area contributed by atoms with E-state index < -0.39 is 0 Å². The third-order valence-corrected chi connectivity index (χ3v) is 2.72. The molecule has 0 spiro atoms. The Balaban J connectivity index is 2.27. The Labute approximate surface area is 117 Å². The van der Waals surface area contributed by atoms with Gasteiger partial charge in [-0.2, -0.15) is 0 Å². The molecule has 0 bridgehead atoms. The Morgan fingerprint density at radius 1 is 1.35 bits per heavy atom. The number of nitrogen functional groups attached to an aromatic ring is 1. The summed E-state index contributed by atoms with van der Waals surface area (Å²) in [7, 11) is 0. The van der Waals surface area contributed by atoms with Crippen LogP contribution in [-0.2, 0) is 0 Å². The standard InChI is InChI=1S/C14H17N5O/c1-8(2)13-17-7-10(15)12(19-13)14(20)18-11-6-9(3)4-5-16-11/h4-8H,15H2,1-3H3,(H,16,18,20). The zero-order valence-corrected chi connectivity index (χ0v) is 11.7. The van der Waals surface area contributed by atoms with Gasteiger partial charge in [0.15, 0.2) is 5.69 Å². The number of hydrogen-bond donors (Lipinski definition) is 2. The van der Waals surface area contributed by atoms with Gasteiger partial charge in [-0.3, -0.25) is 4.79 Å². The third kappa shape index (κ3) is 3.09. The predicted molar refractivity (Wildman–Crippen MR) is 77.5 cm³/mol. The minimum Gasteiger partial charge on any atom is -0.396 e. The van der Waals surface area contributed by atoms with E-state index in [0.717, 1.165) is 5.56 Å². The van der Waals surface area contributed by atoms with Gasteiger partial charge in [0.2, 0.25) is 0 Å².